The highest BCUT2D eigenvalue weighted by Crippen LogP contribution is 2.24. The minimum absolute atomic E-state index is 0.0974. The number of nitrogens with zero attached hydrogens (tertiary/aromatic N) is 2. The monoisotopic (exact) mass is 587 g/mol. The van der Waals surface area contributed by atoms with Crippen LogP contribution in [0.15, 0.2) is 48.5 Å². The molecule has 0 radical (unpaired) electrons. The summed E-state index contributed by atoms with van der Waals surface area (Å²) in [5, 5.41) is 3.19. The van der Waals surface area contributed by atoms with Crippen molar-refractivity contribution in [2.24, 2.45) is 0 Å². The van der Waals surface area contributed by atoms with E-state index in [-0.39, 0.29) is 37.4 Å². The molecule has 1 fully saturated rings. The molecule has 226 valence electrons. The van der Waals surface area contributed by atoms with Crippen molar-refractivity contribution in [2.75, 3.05) is 30.8 Å². The predicted octanol–water partition coefficient (Wildman–Crippen LogP) is 4.90. The minimum atomic E-state index is -3.58. The van der Waals surface area contributed by atoms with Crippen molar-refractivity contribution >= 4 is 27.5 Å². The van der Waals surface area contributed by atoms with E-state index < -0.39 is 16.1 Å². The van der Waals surface area contributed by atoms with Crippen molar-refractivity contribution in [1.82, 2.24) is 10.2 Å². The Hall–Kier alpha value is -3.27. The SMILES string of the molecule is CCOc1ccc(N(CCCC(=O)N(Cc2cccc(OC)c2)C(CC)C(=O)NC2CCCCC2)S(C)(=O)=O)cc1. The van der Waals surface area contributed by atoms with Gasteiger partial charge in [-0.15, -0.1) is 0 Å². The fraction of sp³-hybridized carbons (Fsp3) is 0.548. The second-order valence-corrected chi connectivity index (χ2v) is 12.4. The van der Waals surface area contributed by atoms with Crippen LogP contribution >= 0.6 is 0 Å². The summed E-state index contributed by atoms with van der Waals surface area (Å²) in [4.78, 5) is 28.8. The van der Waals surface area contributed by atoms with E-state index in [4.69, 9.17) is 9.47 Å². The Kier molecular flexibility index (Phi) is 12.3. The van der Waals surface area contributed by atoms with E-state index in [1.54, 1.807) is 36.3 Å². The number of carbonyl (C=O) groups is 2. The molecule has 0 saturated heterocycles. The van der Waals surface area contributed by atoms with Gasteiger partial charge in [0.25, 0.3) is 0 Å². The van der Waals surface area contributed by atoms with Crippen molar-refractivity contribution in [1.29, 1.82) is 0 Å². The second-order valence-electron chi connectivity index (χ2n) is 10.5. The summed E-state index contributed by atoms with van der Waals surface area (Å²) in [5.41, 5.74) is 1.36. The Labute approximate surface area is 245 Å². The summed E-state index contributed by atoms with van der Waals surface area (Å²) in [6.45, 7) is 4.70. The number of hydrogen-bond donors (Lipinski definition) is 1. The third-order valence-electron chi connectivity index (χ3n) is 7.41. The lowest BCUT2D eigenvalue weighted by molar-refractivity contribution is -0.141. The van der Waals surface area contributed by atoms with Gasteiger partial charge in [0.05, 0.1) is 25.7 Å². The fourth-order valence-electron chi connectivity index (χ4n) is 5.31. The van der Waals surface area contributed by atoms with Crippen molar-refractivity contribution in [3.63, 3.8) is 0 Å². The number of ether oxygens (including phenoxy) is 2. The first kappa shape index (κ1) is 32.2. The van der Waals surface area contributed by atoms with Crippen LogP contribution in [0.3, 0.4) is 0 Å². The zero-order valence-electron chi connectivity index (χ0n) is 24.8. The molecule has 0 heterocycles. The highest BCUT2D eigenvalue weighted by molar-refractivity contribution is 7.92. The zero-order chi connectivity index (χ0) is 29.8. The summed E-state index contributed by atoms with van der Waals surface area (Å²) >= 11 is 0. The van der Waals surface area contributed by atoms with Gasteiger partial charge in [0.2, 0.25) is 21.8 Å². The van der Waals surface area contributed by atoms with Gasteiger partial charge < -0.3 is 19.7 Å². The van der Waals surface area contributed by atoms with Crippen LogP contribution in [0, 0.1) is 0 Å². The van der Waals surface area contributed by atoms with Crippen molar-refractivity contribution < 1.29 is 27.5 Å². The highest BCUT2D eigenvalue weighted by atomic mass is 32.2. The summed E-state index contributed by atoms with van der Waals surface area (Å²) < 4.78 is 37.4. The standard InChI is InChI=1S/C31H45N3O6S/c1-5-29(31(36)32-25-13-8-7-9-14-25)33(23-24-12-10-15-28(22-24)39-3)30(35)16-11-21-34(41(4,37)38)26-17-19-27(20-18-26)40-6-2/h10,12,15,17-20,22,25,29H,5-9,11,13-14,16,21,23H2,1-4H3,(H,32,36). The van der Waals surface area contributed by atoms with Crippen LogP contribution in [0.25, 0.3) is 0 Å². The van der Waals surface area contributed by atoms with E-state index in [0.29, 0.717) is 36.6 Å². The molecule has 2 aromatic carbocycles. The molecular weight excluding hydrogens is 542 g/mol. The fourth-order valence-corrected chi connectivity index (χ4v) is 6.28. The number of rotatable bonds is 15. The van der Waals surface area contributed by atoms with Gasteiger partial charge in [-0.1, -0.05) is 38.3 Å². The van der Waals surface area contributed by atoms with Gasteiger partial charge in [0, 0.05) is 25.6 Å². The van der Waals surface area contributed by atoms with E-state index in [2.05, 4.69) is 5.32 Å². The zero-order valence-corrected chi connectivity index (χ0v) is 25.6. The van der Waals surface area contributed by atoms with Crippen LogP contribution in [-0.2, 0) is 26.2 Å². The quantitative estimate of drug-likeness (QED) is 0.318. The van der Waals surface area contributed by atoms with E-state index in [9.17, 15) is 18.0 Å². The maximum Gasteiger partial charge on any atom is 0.243 e. The summed E-state index contributed by atoms with van der Waals surface area (Å²) in [7, 11) is -1.99. The molecule has 1 saturated carbocycles. The number of anilines is 1. The van der Waals surface area contributed by atoms with Crippen LogP contribution in [0.2, 0.25) is 0 Å². The molecule has 1 atom stereocenters. The summed E-state index contributed by atoms with van der Waals surface area (Å²) in [5.74, 6) is 1.00. The Morgan fingerprint density at radius 3 is 2.34 bits per heavy atom. The number of hydrogen-bond acceptors (Lipinski definition) is 6. The molecule has 0 aliphatic heterocycles. The molecule has 2 aromatic rings. The summed E-state index contributed by atoms with van der Waals surface area (Å²) in [6, 6.07) is 13.8. The minimum Gasteiger partial charge on any atom is -0.497 e. The van der Waals surface area contributed by atoms with Crippen molar-refractivity contribution in [3.05, 3.63) is 54.1 Å². The van der Waals surface area contributed by atoms with Gasteiger partial charge in [-0.2, -0.15) is 0 Å². The maximum atomic E-state index is 13.7. The molecule has 1 aliphatic carbocycles. The van der Waals surface area contributed by atoms with E-state index >= 15 is 0 Å². The van der Waals surface area contributed by atoms with E-state index in [1.165, 1.54) is 10.7 Å². The van der Waals surface area contributed by atoms with Gasteiger partial charge in [0.1, 0.15) is 17.5 Å². The molecule has 0 spiro atoms. The maximum absolute atomic E-state index is 13.7. The number of nitrogens with one attached hydrogen (secondary N) is 1. The van der Waals surface area contributed by atoms with Gasteiger partial charge >= 0.3 is 0 Å². The molecule has 9 nitrogen and oxygen atoms in total. The second kappa shape index (κ2) is 15.7. The third-order valence-corrected chi connectivity index (χ3v) is 8.61. The average molecular weight is 588 g/mol. The topological polar surface area (TPSA) is 105 Å². The Morgan fingerprint density at radius 2 is 1.73 bits per heavy atom. The predicted molar refractivity (Wildman–Crippen MR) is 162 cm³/mol. The molecule has 0 bridgehead atoms. The molecule has 1 unspecified atom stereocenters. The first-order valence-corrected chi connectivity index (χ1v) is 16.4. The molecule has 0 aromatic heterocycles. The first-order valence-electron chi connectivity index (χ1n) is 14.6. The van der Waals surface area contributed by atoms with Gasteiger partial charge in [-0.05, 0) is 74.6 Å². The number of methoxy groups -OCH3 is 1. The summed E-state index contributed by atoms with van der Waals surface area (Å²) in [6.07, 6.45) is 7.31. The molecule has 2 amide bonds. The van der Waals surface area contributed by atoms with Crippen LogP contribution in [0.4, 0.5) is 5.69 Å². The lowest BCUT2D eigenvalue weighted by Gasteiger charge is -2.33. The smallest absolute Gasteiger partial charge is 0.243 e. The van der Waals surface area contributed by atoms with Gasteiger partial charge in [0.15, 0.2) is 0 Å². The molecule has 10 heteroatoms. The van der Waals surface area contributed by atoms with Crippen LogP contribution in [0.1, 0.15) is 70.8 Å². The Bertz CT molecular complexity index is 1230. The van der Waals surface area contributed by atoms with Gasteiger partial charge in [-0.3, -0.25) is 13.9 Å². The molecule has 3 rings (SSSR count). The van der Waals surface area contributed by atoms with Crippen LogP contribution in [-0.4, -0.2) is 63.7 Å². The molecular formula is C31H45N3O6S. The number of carbonyl (C=O) groups excluding carboxylic acids is 2. The first-order chi connectivity index (χ1) is 19.7. The van der Waals surface area contributed by atoms with Crippen molar-refractivity contribution in [3.8, 4) is 11.5 Å². The van der Waals surface area contributed by atoms with Crippen LogP contribution in [0.5, 0.6) is 11.5 Å². The van der Waals surface area contributed by atoms with E-state index in [0.717, 1.165) is 37.5 Å². The Balaban J connectivity index is 1.76. The normalized spacial score (nSPS) is 14.6. The lowest BCUT2D eigenvalue weighted by atomic mass is 9.95. The average Bonchev–Trinajstić information content (AvgIpc) is 2.96. The lowest BCUT2D eigenvalue weighted by Crippen LogP contribution is -2.51. The Morgan fingerprint density at radius 1 is 1.02 bits per heavy atom. The molecule has 1 N–H and O–H groups in total. The van der Waals surface area contributed by atoms with Crippen molar-refractivity contribution in [2.45, 2.75) is 83.8 Å². The number of amides is 2. The molecule has 41 heavy (non-hydrogen) atoms. The van der Waals surface area contributed by atoms with Crippen LogP contribution < -0.4 is 19.1 Å². The largest absolute Gasteiger partial charge is 0.497 e. The highest BCUT2D eigenvalue weighted by Gasteiger charge is 2.30. The van der Waals surface area contributed by atoms with Gasteiger partial charge in [-0.25, -0.2) is 8.42 Å². The van der Waals surface area contributed by atoms with E-state index in [1.807, 2.05) is 38.1 Å². The molecule has 1 aliphatic rings. The number of sulfonamides is 1. The third kappa shape index (κ3) is 9.66. The number of benzene rings is 2.